The molecule has 0 bridgehead atoms. The number of nitrogens with zero attached hydrogens (tertiary/aromatic N) is 3. The largest absolute Gasteiger partial charge is 0.487 e. The van der Waals surface area contributed by atoms with E-state index < -0.39 is 5.60 Å². The van der Waals surface area contributed by atoms with Gasteiger partial charge in [-0.05, 0) is 58.4 Å². The van der Waals surface area contributed by atoms with Crippen molar-refractivity contribution in [3.05, 3.63) is 58.2 Å². The van der Waals surface area contributed by atoms with Crippen LogP contribution < -0.4 is 4.74 Å². The number of halogens is 1. The zero-order valence-electron chi connectivity index (χ0n) is 21.1. The monoisotopic (exact) mass is 557 g/mol. The van der Waals surface area contributed by atoms with E-state index in [1.807, 2.05) is 67.9 Å². The summed E-state index contributed by atoms with van der Waals surface area (Å²) >= 11 is 3.57. The van der Waals surface area contributed by atoms with Gasteiger partial charge in [0.25, 0.3) is 0 Å². The predicted octanol–water partition coefficient (Wildman–Crippen LogP) is 5.67. The lowest BCUT2D eigenvalue weighted by Gasteiger charge is -2.24. The number of para-hydroxylation sites is 1. The predicted molar refractivity (Wildman–Crippen MR) is 140 cm³/mol. The van der Waals surface area contributed by atoms with Crippen LogP contribution in [0.2, 0.25) is 0 Å². The van der Waals surface area contributed by atoms with E-state index in [4.69, 9.17) is 19.3 Å². The van der Waals surface area contributed by atoms with Crippen LogP contribution in [-0.2, 0) is 27.3 Å². The number of esters is 1. The van der Waals surface area contributed by atoms with Crippen LogP contribution in [0.4, 0.5) is 4.79 Å². The van der Waals surface area contributed by atoms with Gasteiger partial charge < -0.3 is 19.1 Å². The van der Waals surface area contributed by atoms with Gasteiger partial charge in [-0.3, -0.25) is 9.48 Å². The van der Waals surface area contributed by atoms with Gasteiger partial charge >= 0.3 is 12.1 Å². The highest BCUT2D eigenvalue weighted by Crippen LogP contribution is 2.31. The molecule has 2 aromatic carbocycles. The van der Waals surface area contributed by atoms with Crippen LogP contribution in [0, 0.1) is 0 Å². The van der Waals surface area contributed by atoms with Crippen molar-refractivity contribution in [2.75, 3.05) is 19.7 Å². The van der Waals surface area contributed by atoms with Crippen LogP contribution in [0.15, 0.2) is 46.9 Å². The van der Waals surface area contributed by atoms with E-state index in [9.17, 15) is 9.59 Å². The van der Waals surface area contributed by atoms with E-state index in [0.29, 0.717) is 25.4 Å². The van der Waals surface area contributed by atoms with Crippen LogP contribution in [0.5, 0.6) is 5.75 Å². The molecule has 1 aliphatic rings. The van der Waals surface area contributed by atoms with Gasteiger partial charge in [0.1, 0.15) is 23.7 Å². The summed E-state index contributed by atoms with van der Waals surface area (Å²) in [6.07, 6.45) is 0.633. The Kier molecular flexibility index (Phi) is 7.88. The lowest BCUT2D eigenvalue weighted by molar-refractivity contribution is -0.142. The Labute approximate surface area is 219 Å². The second kappa shape index (κ2) is 10.9. The van der Waals surface area contributed by atoms with Gasteiger partial charge in [-0.2, -0.15) is 5.10 Å². The molecule has 3 aromatic rings. The van der Waals surface area contributed by atoms with Crippen molar-refractivity contribution in [3.63, 3.8) is 0 Å². The highest BCUT2D eigenvalue weighted by molar-refractivity contribution is 9.10. The second-order valence-corrected chi connectivity index (χ2v) is 10.7. The molecule has 0 N–H and O–H groups in total. The van der Waals surface area contributed by atoms with Gasteiger partial charge in [0.15, 0.2) is 0 Å². The Morgan fingerprint density at radius 2 is 1.94 bits per heavy atom. The first-order valence-corrected chi connectivity index (χ1v) is 12.9. The number of hydrogen-bond donors (Lipinski definition) is 0. The third kappa shape index (κ3) is 6.19. The van der Waals surface area contributed by atoms with Gasteiger partial charge in [0, 0.05) is 28.5 Å². The fourth-order valence-electron chi connectivity index (χ4n) is 4.30. The van der Waals surface area contributed by atoms with Gasteiger partial charge in [-0.1, -0.05) is 34.1 Å². The van der Waals surface area contributed by atoms with E-state index in [2.05, 4.69) is 15.9 Å². The van der Waals surface area contributed by atoms with Crippen LogP contribution in [0.25, 0.3) is 10.9 Å². The molecule has 2 heterocycles. The molecule has 1 aliphatic heterocycles. The third-order valence-corrected chi connectivity index (χ3v) is 6.38. The number of aromatic nitrogens is 2. The maximum absolute atomic E-state index is 12.6. The summed E-state index contributed by atoms with van der Waals surface area (Å²) in [5, 5.41) is 5.89. The minimum absolute atomic E-state index is 0.0334. The quantitative estimate of drug-likeness (QED) is 0.348. The zero-order valence-corrected chi connectivity index (χ0v) is 22.7. The molecule has 0 spiro atoms. The number of benzene rings is 2. The first-order valence-electron chi connectivity index (χ1n) is 12.2. The average Bonchev–Trinajstić information content (AvgIpc) is 3.42. The highest BCUT2D eigenvalue weighted by Gasteiger charge is 2.32. The van der Waals surface area contributed by atoms with Crippen molar-refractivity contribution in [1.82, 2.24) is 14.7 Å². The van der Waals surface area contributed by atoms with Gasteiger partial charge in [0.2, 0.25) is 0 Å². The molecule has 1 saturated heterocycles. The fourth-order valence-corrected chi connectivity index (χ4v) is 4.66. The molecule has 192 valence electrons. The molecular weight excluding hydrogens is 526 g/mol. The Hall–Kier alpha value is -3.07. The number of carbonyl (C=O) groups is 2. The van der Waals surface area contributed by atoms with Gasteiger partial charge in [-0.15, -0.1) is 0 Å². The van der Waals surface area contributed by atoms with Gasteiger partial charge in [0.05, 0.1) is 24.6 Å². The van der Waals surface area contributed by atoms with Crippen molar-refractivity contribution < 1.29 is 23.8 Å². The second-order valence-electron chi connectivity index (χ2n) is 9.80. The van der Waals surface area contributed by atoms with Crippen molar-refractivity contribution in [3.8, 4) is 5.75 Å². The normalized spacial score (nSPS) is 15.8. The topological polar surface area (TPSA) is 82.9 Å². The summed E-state index contributed by atoms with van der Waals surface area (Å²) in [4.78, 5) is 26.3. The fraction of sp³-hybridized carbons (Fsp3) is 0.444. The smallest absolute Gasteiger partial charge is 0.410 e. The van der Waals surface area contributed by atoms with Gasteiger partial charge in [-0.25, -0.2) is 4.79 Å². The standard InChI is InChI=1S/C27H32BrN3O5/c1-5-34-25(32)14-18-8-6-7-9-24(18)35-17-22-21-15-19(28)10-11-23(21)31(29-22)20-12-13-30(16-20)26(33)36-27(2,3)4/h6-11,15,20H,5,12-14,16-17H2,1-4H3. The van der Waals surface area contributed by atoms with Crippen molar-refractivity contribution in [2.24, 2.45) is 0 Å². The minimum Gasteiger partial charge on any atom is -0.487 e. The molecule has 36 heavy (non-hydrogen) atoms. The molecule has 0 aliphatic carbocycles. The number of ether oxygens (including phenoxy) is 3. The van der Waals surface area contributed by atoms with Crippen LogP contribution >= 0.6 is 15.9 Å². The highest BCUT2D eigenvalue weighted by atomic mass is 79.9. The molecule has 1 amide bonds. The van der Waals surface area contributed by atoms with E-state index in [1.54, 1.807) is 11.8 Å². The number of fused-ring (bicyclic) bond motifs is 1. The Balaban J connectivity index is 1.55. The van der Waals surface area contributed by atoms with Crippen LogP contribution in [-0.4, -0.2) is 52.0 Å². The molecule has 1 fully saturated rings. The lowest BCUT2D eigenvalue weighted by atomic mass is 10.1. The molecule has 1 atom stereocenters. The Morgan fingerprint density at radius 3 is 2.69 bits per heavy atom. The van der Waals surface area contributed by atoms with E-state index in [0.717, 1.165) is 33.1 Å². The first kappa shape index (κ1) is 26.0. The molecule has 1 aromatic heterocycles. The number of likely N-dealkylation sites (tertiary alicyclic amines) is 1. The van der Waals surface area contributed by atoms with Crippen LogP contribution in [0.1, 0.15) is 51.4 Å². The maximum Gasteiger partial charge on any atom is 0.410 e. The number of carbonyl (C=O) groups excluding carboxylic acids is 2. The van der Waals surface area contributed by atoms with E-state index >= 15 is 0 Å². The summed E-state index contributed by atoms with van der Waals surface area (Å²) in [6.45, 7) is 9.12. The molecule has 9 heteroatoms. The molecule has 0 saturated carbocycles. The average molecular weight is 558 g/mol. The Morgan fingerprint density at radius 1 is 1.17 bits per heavy atom. The molecule has 4 rings (SSSR count). The lowest BCUT2D eigenvalue weighted by Crippen LogP contribution is -2.35. The van der Waals surface area contributed by atoms with E-state index in [1.165, 1.54) is 0 Å². The van der Waals surface area contributed by atoms with Crippen molar-refractivity contribution in [2.45, 2.75) is 58.8 Å². The maximum atomic E-state index is 12.6. The number of hydrogen-bond acceptors (Lipinski definition) is 6. The van der Waals surface area contributed by atoms with Crippen molar-refractivity contribution >= 4 is 38.9 Å². The van der Waals surface area contributed by atoms with E-state index in [-0.39, 0.29) is 31.1 Å². The van der Waals surface area contributed by atoms with Crippen molar-refractivity contribution in [1.29, 1.82) is 0 Å². The molecular formula is C27H32BrN3O5. The summed E-state index contributed by atoms with van der Waals surface area (Å²) in [7, 11) is 0. The molecule has 1 unspecified atom stereocenters. The minimum atomic E-state index is -0.534. The Bertz CT molecular complexity index is 1250. The number of rotatable bonds is 7. The van der Waals surface area contributed by atoms with Crippen LogP contribution in [0.3, 0.4) is 0 Å². The SMILES string of the molecule is CCOC(=O)Cc1ccccc1OCc1nn(C2CCN(C(=O)OC(C)(C)C)C2)c2ccc(Br)cc12. The summed E-state index contributed by atoms with van der Waals surface area (Å²) in [6, 6.07) is 13.5. The zero-order chi connectivity index (χ0) is 25.9. The summed E-state index contributed by atoms with van der Waals surface area (Å²) < 4.78 is 19.7. The first-order chi connectivity index (χ1) is 17.1. The summed E-state index contributed by atoms with van der Waals surface area (Å²) in [5.41, 5.74) is 2.00. The molecule has 8 nitrogen and oxygen atoms in total. The molecule has 0 radical (unpaired) electrons. The third-order valence-electron chi connectivity index (χ3n) is 5.88. The number of amides is 1. The summed E-state index contributed by atoms with van der Waals surface area (Å²) in [5.74, 6) is 0.336.